The molecule has 3 aromatic rings. The van der Waals surface area contributed by atoms with E-state index in [-0.39, 0.29) is 5.91 Å². The Kier molecular flexibility index (Phi) is 7.08. The van der Waals surface area contributed by atoms with Gasteiger partial charge in [0, 0.05) is 11.6 Å². The number of nitrogens with zero attached hydrogens (tertiary/aromatic N) is 1. The van der Waals surface area contributed by atoms with Crippen LogP contribution in [0.25, 0.3) is 0 Å². The second kappa shape index (κ2) is 9.73. The maximum absolute atomic E-state index is 12.8. The Morgan fingerprint density at radius 3 is 1.86 bits per heavy atom. The van der Waals surface area contributed by atoms with Crippen LogP contribution in [0.2, 0.25) is 5.02 Å². The van der Waals surface area contributed by atoms with Gasteiger partial charge in [-0.25, -0.2) is 0 Å². The van der Waals surface area contributed by atoms with Crippen LogP contribution < -0.4 is 5.73 Å². The fourth-order valence-electron chi connectivity index (χ4n) is 3.75. The highest BCUT2D eigenvalue weighted by atomic mass is 35.5. The van der Waals surface area contributed by atoms with E-state index in [2.05, 4.69) is 24.1 Å². The van der Waals surface area contributed by atoms with Crippen molar-refractivity contribution in [2.24, 2.45) is 5.73 Å². The van der Waals surface area contributed by atoms with Gasteiger partial charge in [0.15, 0.2) is 0 Å². The van der Waals surface area contributed by atoms with Crippen molar-refractivity contribution >= 4 is 17.5 Å². The molecule has 2 N–H and O–H groups in total. The van der Waals surface area contributed by atoms with Gasteiger partial charge in [0.2, 0.25) is 5.91 Å². The summed E-state index contributed by atoms with van der Waals surface area (Å²) >= 11 is 5.97. The molecule has 3 rings (SSSR count). The van der Waals surface area contributed by atoms with Crippen molar-refractivity contribution in [3.8, 4) is 0 Å². The lowest BCUT2D eigenvalue weighted by atomic mass is 9.71. The molecule has 0 bridgehead atoms. The fourth-order valence-corrected chi connectivity index (χ4v) is 3.88. The standard InChI is InChI=1S/C25H27ClN2O/c1-28(18-16-20-12-14-23(26)15-13-20)19-17-25(24(27)29,21-8-4-2-5-9-21)22-10-6-3-7-11-22/h2-15H,16-19H2,1H3,(H2,27,29). The average molecular weight is 407 g/mol. The smallest absolute Gasteiger partial charge is 0.232 e. The van der Waals surface area contributed by atoms with Crippen LogP contribution >= 0.6 is 11.6 Å². The molecule has 3 aromatic carbocycles. The molecule has 0 saturated carbocycles. The molecule has 4 heteroatoms. The van der Waals surface area contributed by atoms with Gasteiger partial charge in [0.1, 0.15) is 0 Å². The van der Waals surface area contributed by atoms with Crippen LogP contribution in [-0.2, 0) is 16.6 Å². The molecule has 29 heavy (non-hydrogen) atoms. The van der Waals surface area contributed by atoms with E-state index in [4.69, 9.17) is 17.3 Å². The molecular weight excluding hydrogens is 380 g/mol. The van der Waals surface area contributed by atoms with Crippen LogP contribution in [-0.4, -0.2) is 30.9 Å². The van der Waals surface area contributed by atoms with Gasteiger partial charge in [-0.15, -0.1) is 0 Å². The fraction of sp³-hybridized carbons (Fsp3) is 0.240. The second-order valence-corrected chi connectivity index (χ2v) is 7.87. The first-order valence-electron chi connectivity index (χ1n) is 9.86. The van der Waals surface area contributed by atoms with Crippen molar-refractivity contribution in [2.75, 3.05) is 20.1 Å². The summed E-state index contributed by atoms with van der Waals surface area (Å²) in [4.78, 5) is 15.1. The second-order valence-electron chi connectivity index (χ2n) is 7.43. The van der Waals surface area contributed by atoms with E-state index in [1.807, 2.05) is 72.8 Å². The molecule has 0 aliphatic rings. The predicted molar refractivity (Wildman–Crippen MR) is 120 cm³/mol. The number of amides is 1. The first-order valence-corrected chi connectivity index (χ1v) is 10.2. The summed E-state index contributed by atoms with van der Waals surface area (Å²) in [6.07, 6.45) is 1.54. The summed E-state index contributed by atoms with van der Waals surface area (Å²) in [5.74, 6) is -0.319. The molecule has 0 radical (unpaired) electrons. The van der Waals surface area contributed by atoms with Gasteiger partial charge in [-0.3, -0.25) is 4.79 Å². The van der Waals surface area contributed by atoms with Crippen molar-refractivity contribution in [1.82, 2.24) is 4.90 Å². The van der Waals surface area contributed by atoms with Crippen LogP contribution in [0, 0.1) is 0 Å². The van der Waals surface area contributed by atoms with Crippen molar-refractivity contribution in [1.29, 1.82) is 0 Å². The highest BCUT2D eigenvalue weighted by Crippen LogP contribution is 2.35. The van der Waals surface area contributed by atoms with Crippen LogP contribution in [0.15, 0.2) is 84.9 Å². The predicted octanol–water partition coefficient (Wildman–Crippen LogP) is 4.68. The number of carbonyl (C=O) groups excluding carboxylic acids is 1. The maximum Gasteiger partial charge on any atom is 0.232 e. The number of halogens is 1. The van der Waals surface area contributed by atoms with Crippen LogP contribution in [0.4, 0.5) is 0 Å². The van der Waals surface area contributed by atoms with Crippen molar-refractivity contribution in [3.05, 3.63) is 107 Å². The summed E-state index contributed by atoms with van der Waals surface area (Å²) in [5.41, 5.74) is 8.30. The molecule has 0 unspecified atom stereocenters. The topological polar surface area (TPSA) is 46.3 Å². The van der Waals surface area contributed by atoms with Crippen molar-refractivity contribution in [3.63, 3.8) is 0 Å². The third-order valence-electron chi connectivity index (χ3n) is 5.52. The van der Waals surface area contributed by atoms with E-state index in [9.17, 15) is 4.79 Å². The molecule has 0 heterocycles. The Morgan fingerprint density at radius 1 is 0.862 bits per heavy atom. The lowest BCUT2D eigenvalue weighted by molar-refractivity contribution is -0.122. The largest absolute Gasteiger partial charge is 0.369 e. The third-order valence-corrected chi connectivity index (χ3v) is 5.77. The molecule has 3 nitrogen and oxygen atoms in total. The minimum Gasteiger partial charge on any atom is -0.369 e. The van der Waals surface area contributed by atoms with Gasteiger partial charge in [0.25, 0.3) is 0 Å². The van der Waals surface area contributed by atoms with Gasteiger partial charge >= 0.3 is 0 Å². The summed E-state index contributed by atoms with van der Waals surface area (Å²) in [5, 5.41) is 0.749. The van der Waals surface area contributed by atoms with Gasteiger partial charge < -0.3 is 10.6 Å². The van der Waals surface area contributed by atoms with E-state index in [0.717, 1.165) is 35.7 Å². The molecule has 0 saturated heterocycles. The first kappa shape index (κ1) is 21.1. The van der Waals surface area contributed by atoms with Gasteiger partial charge in [-0.05, 0) is 55.3 Å². The van der Waals surface area contributed by atoms with E-state index < -0.39 is 5.41 Å². The monoisotopic (exact) mass is 406 g/mol. The highest BCUT2D eigenvalue weighted by molar-refractivity contribution is 6.30. The lowest BCUT2D eigenvalue weighted by Crippen LogP contribution is -2.44. The number of hydrogen-bond acceptors (Lipinski definition) is 2. The highest BCUT2D eigenvalue weighted by Gasteiger charge is 2.40. The Balaban J connectivity index is 1.78. The van der Waals surface area contributed by atoms with Crippen LogP contribution in [0.1, 0.15) is 23.1 Å². The lowest BCUT2D eigenvalue weighted by Gasteiger charge is -2.33. The molecule has 0 spiro atoms. The Labute approximate surface area is 178 Å². The molecule has 0 atom stereocenters. The van der Waals surface area contributed by atoms with E-state index in [1.165, 1.54) is 5.56 Å². The van der Waals surface area contributed by atoms with E-state index in [0.29, 0.717) is 6.42 Å². The number of likely N-dealkylation sites (N-methyl/N-ethyl adjacent to an activating group) is 1. The molecular formula is C25H27ClN2O. The van der Waals surface area contributed by atoms with Crippen LogP contribution in [0.3, 0.4) is 0 Å². The summed E-state index contributed by atoms with van der Waals surface area (Å²) < 4.78 is 0. The van der Waals surface area contributed by atoms with E-state index in [1.54, 1.807) is 0 Å². The van der Waals surface area contributed by atoms with Crippen molar-refractivity contribution < 1.29 is 4.79 Å². The summed E-state index contributed by atoms with van der Waals surface area (Å²) in [6, 6.07) is 27.7. The van der Waals surface area contributed by atoms with Crippen LogP contribution in [0.5, 0.6) is 0 Å². The molecule has 0 aromatic heterocycles. The zero-order valence-corrected chi connectivity index (χ0v) is 17.5. The minimum atomic E-state index is -0.850. The average Bonchev–Trinajstić information content (AvgIpc) is 2.75. The third kappa shape index (κ3) is 5.06. The van der Waals surface area contributed by atoms with Gasteiger partial charge in [0.05, 0.1) is 5.41 Å². The van der Waals surface area contributed by atoms with Gasteiger partial charge in [-0.1, -0.05) is 84.4 Å². The molecule has 150 valence electrons. The Bertz CT molecular complexity index is 871. The summed E-state index contributed by atoms with van der Waals surface area (Å²) in [7, 11) is 2.08. The summed E-state index contributed by atoms with van der Waals surface area (Å²) in [6.45, 7) is 1.64. The number of carbonyl (C=O) groups is 1. The first-order chi connectivity index (χ1) is 14.0. The zero-order valence-electron chi connectivity index (χ0n) is 16.7. The quantitative estimate of drug-likeness (QED) is 0.561. The number of nitrogens with two attached hydrogens (primary N) is 1. The normalized spacial score (nSPS) is 11.6. The number of benzene rings is 3. The SMILES string of the molecule is CN(CCc1ccc(Cl)cc1)CCC(C(N)=O)(c1ccccc1)c1ccccc1. The number of hydrogen-bond donors (Lipinski definition) is 1. The van der Waals surface area contributed by atoms with E-state index >= 15 is 0 Å². The Hall–Kier alpha value is -2.62. The molecule has 0 aliphatic carbocycles. The zero-order chi connectivity index (χ0) is 20.7. The molecule has 1 amide bonds. The Morgan fingerprint density at radius 2 is 1.38 bits per heavy atom. The molecule has 0 aliphatic heterocycles. The minimum absolute atomic E-state index is 0.319. The van der Waals surface area contributed by atoms with Gasteiger partial charge in [-0.2, -0.15) is 0 Å². The maximum atomic E-state index is 12.8. The number of rotatable bonds is 9. The number of primary amides is 1. The molecule has 0 fully saturated rings. The van der Waals surface area contributed by atoms with Crippen molar-refractivity contribution in [2.45, 2.75) is 18.3 Å².